The molecule has 1 aromatic rings. The number of ether oxygens (including phenoxy) is 1. The van der Waals surface area contributed by atoms with Gasteiger partial charge in [-0.2, -0.15) is 0 Å². The maximum Gasteiger partial charge on any atom is 0.407 e. The molecule has 0 atom stereocenters. The van der Waals surface area contributed by atoms with E-state index < -0.39 is 11.7 Å². The van der Waals surface area contributed by atoms with Crippen molar-refractivity contribution in [2.75, 3.05) is 13.1 Å². The number of rotatable bonds is 14. The third-order valence-corrected chi connectivity index (χ3v) is 4.48. The lowest BCUT2D eigenvalue weighted by Gasteiger charge is -2.19. The van der Waals surface area contributed by atoms with Gasteiger partial charge < -0.3 is 15.4 Å². The summed E-state index contributed by atoms with van der Waals surface area (Å²) in [5.74, 6) is 0.0482. The van der Waals surface area contributed by atoms with Crippen LogP contribution in [0.2, 0.25) is 0 Å². The van der Waals surface area contributed by atoms with Crippen LogP contribution in [0.4, 0.5) is 4.79 Å². The molecule has 2 N–H and O–H groups in total. The number of unbranched alkanes of at least 4 members (excludes halogenated alkanes) is 7. The van der Waals surface area contributed by atoms with E-state index in [1.54, 1.807) is 0 Å². The molecule has 0 radical (unpaired) electrons. The van der Waals surface area contributed by atoms with E-state index in [-0.39, 0.29) is 5.91 Å². The summed E-state index contributed by atoms with van der Waals surface area (Å²) in [5.41, 5.74) is 0.867. The molecule has 164 valence electrons. The van der Waals surface area contributed by atoms with Gasteiger partial charge in [0.25, 0.3) is 0 Å². The minimum atomic E-state index is -0.507. The highest BCUT2D eigenvalue weighted by atomic mass is 16.6. The molecule has 0 saturated heterocycles. The highest BCUT2D eigenvalue weighted by molar-refractivity contribution is 5.75. The van der Waals surface area contributed by atoms with Crippen LogP contribution in [0.25, 0.3) is 0 Å². The number of aromatic nitrogens is 1. The van der Waals surface area contributed by atoms with Crippen molar-refractivity contribution < 1.29 is 14.3 Å². The molecule has 1 heterocycles. The van der Waals surface area contributed by atoms with Crippen molar-refractivity contribution in [1.82, 2.24) is 15.6 Å². The molecule has 0 saturated carbocycles. The van der Waals surface area contributed by atoms with Crippen molar-refractivity contribution in [3.63, 3.8) is 0 Å². The number of hydrogen-bond acceptors (Lipinski definition) is 4. The van der Waals surface area contributed by atoms with Crippen LogP contribution in [-0.2, 0) is 16.0 Å². The largest absolute Gasteiger partial charge is 0.444 e. The maximum atomic E-state index is 11.8. The summed E-state index contributed by atoms with van der Waals surface area (Å²) < 4.78 is 5.13. The summed E-state index contributed by atoms with van der Waals surface area (Å²) in [6, 6.07) is 4.18. The summed E-state index contributed by atoms with van der Waals surface area (Å²) in [4.78, 5) is 27.3. The zero-order valence-corrected chi connectivity index (χ0v) is 18.5. The molecule has 0 aliphatic carbocycles. The molecule has 0 unspecified atom stereocenters. The number of carbonyl (C=O) groups is 2. The van der Waals surface area contributed by atoms with E-state index >= 15 is 0 Å². The van der Waals surface area contributed by atoms with E-state index in [4.69, 9.17) is 4.74 Å². The highest BCUT2D eigenvalue weighted by Crippen LogP contribution is 2.11. The van der Waals surface area contributed by atoms with Gasteiger partial charge in [-0.15, -0.1) is 0 Å². The van der Waals surface area contributed by atoms with E-state index in [0.717, 1.165) is 19.3 Å². The molecule has 0 aliphatic heterocycles. The minimum absolute atomic E-state index is 0.0482. The third kappa shape index (κ3) is 15.5. The van der Waals surface area contributed by atoms with Gasteiger partial charge in [-0.05, 0) is 57.7 Å². The Morgan fingerprint density at radius 3 is 2.03 bits per heavy atom. The summed E-state index contributed by atoms with van der Waals surface area (Å²) >= 11 is 0. The first-order valence-electron chi connectivity index (χ1n) is 11.0. The fraction of sp³-hybridized carbons (Fsp3) is 0.696. The number of alkyl carbamates (subject to hydrolysis) is 1. The predicted octanol–water partition coefficient (Wildman–Crippen LogP) is 4.78. The summed E-state index contributed by atoms with van der Waals surface area (Å²) in [7, 11) is 0. The third-order valence-electron chi connectivity index (χ3n) is 4.48. The Hall–Kier alpha value is -2.11. The van der Waals surface area contributed by atoms with Crippen molar-refractivity contribution >= 4 is 12.0 Å². The number of pyridine rings is 1. The van der Waals surface area contributed by atoms with Crippen LogP contribution < -0.4 is 10.6 Å². The molecule has 0 spiro atoms. The van der Waals surface area contributed by atoms with E-state index in [1.807, 2.05) is 33.2 Å². The SMILES string of the molecule is CC(C)(C)OC(=O)NCCNC(=O)CCCCCCCCCCc1ccncc1. The van der Waals surface area contributed by atoms with Crippen molar-refractivity contribution in [3.8, 4) is 0 Å². The smallest absolute Gasteiger partial charge is 0.407 e. The monoisotopic (exact) mass is 405 g/mol. The molecule has 1 rings (SSSR count). The first-order chi connectivity index (χ1) is 13.9. The van der Waals surface area contributed by atoms with Crippen LogP contribution in [0.1, 0.15) is 84.1 Å². The number of nitrogens with zero attached hydrogens (tertiary/aromatic N) is 1. The topological polar surface area (TPSA) is 80.3 Å². The van der Waals surface area contributed by atoms with Crippen molar-refractivity contribution in [3.05, 3.63) is 30.1 Å². The molecule has 0 fully saturated rings. The summed E-state index contributed by atoms with van der Waals surface area (Å²) in [6.07, 6.45) is 14.5. The number of aryl methyl sites for hydroxylation is 1. The van der Waals surface area contributed by atoms with E-state index in [1.165, 1.54) is 44.1 Å². The molecule has 29 heavy (non-hydrogen) atoms. The molecule has 2 amide bonds. The Labute approximate surface area is 176 Å². The number of hydrogen-bond donors (Lipinski definition) is 2. The lowest BCUT2D eigenvalue weighted by atomic mass is 10.0. The van der Waals surface area contributed by atoms with Gasteiger partial charge in [0.1, 0.15) is 5.60 Å². The van der Waals surface area contributed by atoms with E-state index in [9.17, 15) is 9.59 Å². The zero-order chi connectivity index (χ0) is 21.4. The van der Waals surface area contributed by atoms with Crippen molar-refractivity contribution in [2.24, 2.45) is 0 Å². The van der Waals surface area contributed by atoms with Gasteiger partial charge in [-0.25, -0.2) is 4.79 Å². The van der Waals surface area contributed by atoms with Gasteiger partial charge in [0, 0.05) is 31.9 Å². The lowest BCUT2D eigenvalue weighted by molar-refractivity contribution is -0.121. The van der Waals surface area contributed by atoms with Crippen LogP contribution in [0, 0.1) is 0 Å². The second kappa shape index (κ2) is 14.8. The van der Waals surface area contributed by atoms with E-state index in [2.05, 4.69) is 27.8 Å². The van der Waals surface area contributed by atoms with Crippen molar-refractivity contribution in [1.29, 1.82) is 0 Å². The minimum Gasteiger partial charge on any atom is -0.444 e. The second-order valence-corrected chi connectivity index (χ2v) is 8.46. The lowest BCUT2D eigenvalue weighted by Crippen LogP contribution is -2.37. The van der Waals surface area contributed by atoms with Gasteiger partial charge in [0.05, 0.1) is 0 Å². The fourth-order valence-corrected chi connectivity index (χ4v) is 2.99. The Bertz CT molecular complexity index is 570. The quantitative estimate of drug-likeness (QED) is 0.437. The van der Waals surface area contributed by atoms with E-state index in [0.29, 0.717) is 19.5 Å². The van der Waals surface area contributed by atoms with Crippen LogP contribution in [0.3, 0.4) is 0 Å². The number of nitrogens with one attached hydrogen (secondary N) is 2. The molecular formula is C23H39N3O3. The van der Waals surface area contributed by atoms with Crippen LogP contribution in [-0.4, -0.2) is 35.7 Å². The van der Waals surface area contributed by atoms with Crippen LogP contribution in [0.5, 0.6) is 0 Å². The Kier molecular flexibility index (Phi) is 12.7. The fourth-order valence-electron chi connectivity index (χ4n) is 2.99. The second-order valence-electron chi connectivity index (χ2n) is 8.46. The Morgan fingerprint density at radius 1 is 0.862 bits per heavy atom. The zero-order valence-electron chi connectivity index (χ0n) is 18.5. The van der Waals surface area contributed by atoms with Gasteiger partial charge >= 0.3 is 6.09 Å². The average molecular weight is 406 g/mol. The first kappa shape index (κ1) is 24.9. The summed E-state index contributed by atoms with van der Waals surface area (Å²) in [5, 5.41) is 5.46. The summed E-state index contributed by atoms with van der Waals surface area (Å²) in [6.45, 7) is 6.26. The Morgan fingerprint density at radius 2 is 1.41 bits per heavy atom. The average Bonchev–Trinajstić information content (AvgIpc) is 2.66. The highest BCUT2D eigenvalue weighted by Gasteiger charge is 2.15. The van der Waals surface area contributed by atoms with Gasteiger partial charge in [-0.3, -0.25) is 9.78 Å². The van der Waals surface area contributed by atoms with Gasteiger partial charge in [0.2, 0.25) is 5.91 Å². The molecule has 0 aliphatic rings. The van der Waals surface area contributed by atoms with Gasteiger partial charge in [-0.1, -0.05) is 38.5 Å². The normalized spacial score (nSPS) is 11.1. The Balaban J connectivity index is 1.84. The molecule has 0 bridgehead atoms. The molecule has 1 aromatic heterocycles. The van der Waals surface area contributed by atoms with Gasteiger partial charge in [0.15, 0.2) is 0 Å². The molecule has 0 aromatic carbocycles. The number of carbonyl (C=O) groups excluding carboxylic acids is 2. The van der Waals surface area contributed by atoms with Crippen LogP contribution >= 0.6 is 0 Å². The molecule has 6 nitrogen and oxygen atoms in total. The first-order valence-corrected chi connectivity index (χ1v) is 11.0. The number of amides is 2. The standard InChI is InChI=1S/C23H39N3O3/c1-23(2,3)29-22(28)26-19-18-25-21(27)13-11-9-7-5-4-6-8-10-12-20-14-16-24-17-15-20/h14-17H,4-13,18-19H2,1-3H3,(H,25,27)(H,26,28). The van der Waals surface area contributed by atoms with Crippen LogP contribution in [0.15, 0.2) is 24.5 Å². The van der Waals surface area contributed by atoms with Crippen molar-refractivity contribution in [2.45, 2.75) is 90.6 Å². The predicted molar refractivity (Wildman–Crippen MR) is 117 cm³/mol. The molecule has 6 heteroatoms. The maximum absolute atomic E-state index is 11.8. The molecular weight excluding hydrogens is 366 g/mol.